The molecule has 0 amide bonds. The lowest BCUT2D eigenvalue weighted by molar-refractivity contribution is 0.530. The summed E-state index contributed by atoms with van der Waals surface area (Å²) in [7, 11) is 0. The van der Waals surface area contributed by atoms with E-state index in [0.717, 1.165) is 0 Å². The maximum absolute atomic E-state index is 4.66. The van der Waals surface area contributed by atoms with E-state index in [1.54, 1.807) is 0 Å². The second-order valence-electron chi connectivity index (χ2n) is 4.24. The molecule has 0 saturated heterocycles. The molecule has 1 fully saturated rings. The van der Waals surface area contributed by atoms with Gasteiger partial charge in [0.25, 0.3) is 0 Å². The van der Waals surface area contributed by atoms with Gasteiger partial charge in [0.05, 0.1) is 0 Å². The van der Waals surface area contributed by atoms with Crippen LogP contribution < -0.4 is 0 Å². The molecule has 1 aliphatic rings. The third-order valence-corrected chi connectivity index (χ3v) is 5.01. The minimum Gasteiger partial charge on any atom is -0.175 e. The molecule has 1 saturated carbocycles. The van der Waals surface area contributed by atoms with E-state index in [4.69, 9.17) is 0 Å². The van der Waals surface area contributed by atoms with Crippen molar-refractivity contribution >= 4 is 30.5 Å². The van der Waals surface area contributed by atoms with E-state index in [1.807, 2.05) is 11.8 Å². The Morgan fingerprint density at radius 2 is 1.88 bits per heavy atom. The highest BCUT2D eigenvalue weighted by molar-refractivity contribution is 8.03. The van der Waals surface area contributed by atoms with Crippen LogP contribution in [0.4, 0.5) is 0 Å². The first-order valence-electron chi connectivity index (χ1n) is 5.91. The second-order valence-corrected chi connectivity index (χ2v) is 6.05. The standard InChI is InChI=1S/C14H18S2/c15-13-8-4-5-9-14(13)16-11-10-12-6-2-1-3-7-12/h1-3,6-7,10-11,13-15H,4-5,8-9H2/b11-10+. The zero-order chi connectivity index (χ0) is 11.2. The fraction of sp³-hybridized carbons (Fsp3) is 0.429. The van der Waals surface area contributed by atoms with Crippen molar-refractivity contribution in [3.05, 3.63) is 41.3 Å². The van der Waals surface area contributed by atoms with Crippen molar-refractivity contribution in [2.75, 3.05) is 0 Å². The Morgan fingerprint density at radius 3 is 2.62 bits per heavy atom. The molecular formula is C14H18S2. The molecule has 2 heteroatoms. The number of thiol groups is 1. The van der Waals surface area contributed by atoms with Gasteiger partial charge in [0, 0.05) is 10.5 Å². The topological polar surface area (TPSA) is 0 Å². The first kappa shape index (κ1) is 12.1. The van der Waals surface area contributed by atoms with Crippen molar-refractivity contribution in [3.8, 4) is 0 Å². The maximum atomic E-state index is 4.66. The van der Waals surface area contributed by atoms with E-state index in [2.05, 4.69) is 54.4 Å². The van der Waals surface area contributed by atoms with Gasteiger partial charge in [-0.1, -0.05) is 43.2 Å². The third kappa shape index (κ3) is 3.60. The van der Waals surface area contributed by atoms with Crippen molar-refractivity contribution in [1.82, 2.24) is 0 Å². The van der Waals surface area contributed by atoms with Gasteiger partial charge >= 0.3 is 0 Å². The smallest absolute Gasteiger partial charge is 0.0205 e. The number of thioether (sulfide) groups is 1. The molecule has 2 atom stereocenters. The van der Waals surface area contributed by atoms with Crippen LogP contribution in [0.1, 0.15) is 31.2 Å². The summed E-state index contributed by atoms with van der Waals surface area (Å²) in [6.45, 7) is 0. The average Bonchev–Trinajstić information content (AvgIpc) is 2.33. The Hall–Kier alpha value is -0.340. The van der Waals surface area contributed by atoms with Gasteiger partial charge in [0.1, 0.15) is 0 Å². The first-order chi connectivity index (χ1) is 7.86. The molecule has 0 N–H and O–H groups in total. The summed E-state index contributed by atoms with van der Waals surface area (Å²) in [4.78, 5) is 0. The molecule has 0 aromatic heterocycles. The van der Waals surface area contributed by atoms with E-state index >= 15 is 0 Å². The first-order valence-corrected chi connectivity index (χ1v) is 7.37. The summed E-state index contributed by atoms with van der Waals surface area (Å²) in [5.74, 6) is 0. The fourth-order valence-electron chi connectivity index (χ4n) is 2.02. The lowest BCUT2D eigenvalue weighted by Crippen LogP contribution is -2.21. The van der Waals surface area contributed by atoms with Crippen molar-refractivity contribution in [1.29, 1.82) is 0 Å². The van der Waals surface area contributed by atoms with Gasteiger partial charge in [-0.15, -0.1) is 11.8 Å². The van der Waals surface area contributed by atoms with Crippen LogP contribution in [0.15, 0.2) is 35.7 Å². The predicted molar refractivity (Wildman–Crippen MR) is 78.1 cm³/mol. The molecule has 1 aliphatic carbocycles. The van der Waals surface area contributed by atoms with E-state index in [1.165, 1.54) is 31.2 Å². The summed E-state index contributed by atoms with van der Waals surface area (Å²) >= 11 is 6.61. The number of benzene rings is 1. The van der Waals surface area contributed by atoms with Crippen LogP contribution in [-0.2, 0) is 0 Å². The Labute approximate surface area is 108 Å². The minimum absolute atomic E-state index is 0.583. The molecule has 0 radical (unpaired) electrons. The quantitative estimate of drug-likeness (QED) is 0.763. The fourth-order valence-corrected chi connectivity index (χ4v) is 3.62. The van der Waals surface area contributed by atoms with Gasteiger partial charge in [0.15, 0.2) is 0 Å². The second kappa shape index (κ2) is 6.41. The van der Waals surface area contributed by atoms with E-state index < -0.39 is 0 Å². The molecule has 16 heavy (non-hydrogen) atoms. The van der Waals surface area contributed by atoms with Crippen LogP contribution in [0.2, 0.25) is 0 Å². The van der Waals surface area contributed by atoms with Crippen LogP contribution >= 0.6 is 24.4 Å². The molecular weight excluding hydrogens is 232 g/mol. The SMILES string of the molecule is SC1CCCCC1S/C=C/c1ccccc1. The molecule has 2 unspecified atom stereocenters. The Kier molecular flexibility index (Phi) is 4.86. The lowest BCUT2D eigenvalue weighted by Gasteiger charge is -2.26. The van der Waals surface area contributed by atoms with Crippen molar-refractivity contribution in [2.45, 2.75) is 36.2 Å². The van der Waals surface area contributed by atoms with Gasteiger partial charge < -0.3 is 0 Å². The Morgan fingerprint density at radius 1 is 1.12 bits per heavy atom. The molecule has 86 valence electrons. The largest absolute Gasteiger partial charge is 0.175 e. The van der Waals surface area contributed by atoms with Crippen molar-refractivity contribution in [3.63, 3.8) is 0 Å². The van der Waals surface area contributed by atoms with Crippen molar-refractivity contribution < 1.29 is 0 Å². The number of hydrogen-bond acceptors (Lipinski definition) is 2. The normalized spacial score (nSPS) is 26.1. The van der Waals surface area contributed by atoms with Gasteiger partial charge in [0.2, 0.25) is 0 Å². The molecule has 0 nitrogen and oxygen atoms in total. The Balaban J connectivity index is 1.84. The maximum Gasteiger partial charge on any atom is 0.0205 e. The molecule has 0 heterocycles. The number of rotatable bonds is 3. The van der Waals surface area contributed by atoms with Gasteiger partial charge in [-0.25, -0.2) is 0 Å². The molecule has 0 aliphatic heterocycles. The summed E-state index contributed by atoms with van der Waals surface area (Å²) in [6.07, 6.45) is 7.51. The zero-order valence-corrected chi connectivity index (χ0v) is 11.1. The van der Waals surface area contributed by atoms with Crippen molar-refractivity contribution in [2.24, 2.45) is 0 Å². The highest BCUT2D eigenvalue weighted by Gasteiger charge is 2.21. The van der Waals surface area contributed by atoms with Crippen LogP contribution in [0, 0.1) is 0 Å². The Bertz CT molecular complexity index is 332. The molecule has 2 rings (SSSR count). The van der Waals surface area contributed by atoms with Crippen LogP contribution in [0.5, 0.6) is 0 Å². The highest BCUT2D eigenvalue weighted by atomic mass is 32.2. The average molecular weight is 250 g/mol. The molecule has 0 bridgehead atoms. The summed E-state index contributed by atoms with van der Waals surface area (Å²) in [5.41, 5.74) is 1.28. The summed E-state index contributed by atoms with van der Waals surface area (Å²) in [6, 6.07) is 10.5. The minimum atomic E-state index is 0.583. The number of hydrogen-bond donors (Lipinski definition) is 1. The lowest BCUT2D eigenvalue weighted by atomic mass is 10.00. The summed E-state index contributed by atoms with van der Waals surface area (Å²) in [5, 5.41) is 3.52. The van der Waals surface area contributed by atoms with Crippen LogP contribution in [0.25, 0.3) is 6.08 Å². The van der Waals surface area contributed by atoms with Gasteiger partial charge in [-0.05, 0) is 29.9 Å². The predicted octanol–water partition coefficient (Wildman–Crippen LogP) is 4.63. The summed E-state index contributed by atoms with van der Waals surface area (Å²) < 4.78 is 0. The van der Waals surface area contributed by atoms with E-state index in [0.29, 0.717) is 10.5 Å². The van der Waals surface area contributed by atoms with Gasteiger partial charge in [-0.3, -0.25) is 0 Å². The van der Waals surface area contributed by atoms with Gasteiger partial charge in [-0.2, -0.15) is 12.6 Å². The van der Waals surface area contributed by atoms with E-state index in [9.17, 15) is 0 Å². The third-order valence-electron chi connectivity index (χ3n) is 2.98. The van der Waals surface area contributed by atoms with Crippen LogP contribution in [-0.4, -0.2) is 10.5 Å². The zero-order valence-electron chi connectivity index (χ0n) is 9.38. The van der Waals surface area contributed by atoms with E-state index in [-0.39, 0.29) is 0 Å². The molecule has 0 spiro atoms. The highest BCUT2D eigenvalue weighted by Crippen LogP contribution is 2.32. The van der Waals surface area contributed by atoms with Crippen LogP contribution in [0.3, 0.4) is 0 Å². The molecule has 1 aromatic rings. The molecule has 1 aromatic carbocycles. The monoisotopic (exact) mass is 250 g/mol.